The number of H-pyrrole nitrogens is 1. The predicted molar refractivity (Wildman–Crippen MR) is 135 cm³/mol. The van der Waals surface area contributed by atoms with Crippen LogP contribution in [0.15, 0.2) is 54.6 Å². The summed E-state index contributed by atoms with van der Waals surface area (Å²) < 4.78 is 30.3. The van der Waals surface area contributed by atoms with E-state index < -0.39 is 10.0 Å². The number of rotatable bonds is 7. The normalized spacial score (nSPS) is 20.8. The lowest BCUT2D eigenvalue weighted by atomic mass is 9.88. The quantitative estimate of drug-likeness (QED) is 0.448. The molecule has 2 aromatic carbocycles. The zero-order valence-corrected chi connectivity index (χ0v) is 20.7. The van der Waals surface area contributed by atoms with Gasteiger partial charge in [-0.3, -0.25) is 19.4 Å². The predicted octanol–water partition coefficient (Wildman–Crippen LogP) is 3.09. The lowest BCUT2D eigenvalue weighted by Crippen LogP contribution is -2.39. The molecule has 2 unspecified atom stereocenters. The number of aromatic amines is 1. The van der Waals surface area contributed by atoms with Crippen LogP contribution in [-0.2, 0) is 14.8 Å². The highest BCUT2D eigenvalue weighted by Gasteiger charge is 2.51. The van der Waals surface area contributed by atoms with Crippen LogP contribution in [0.1, 0.15) is 29.8 Å². The maximum atomic E-state index is 13.4. The number of nitrogens with zero attached hydrogens (tertiary/aromatic N) is 2. The second kappa shape index (κ2) is 9.30. The van der Waals surface area contributed by atoms with Crippen molar-refractivity contribution in [2.24, 2.45) is 5.92 Å². The maximum Gasteiger partial charge on any atom is 0.272 e. The van der Waals surface area contributed by atoms with Crippen molar-refractivity contribution in [3.63, 3.8) is 0 Å². The van der Waals surface area contributed by atoms with Crippen molar-refractivity contribution in [2.45, 2.75) is 31.3 Å². The molecule has 2 bridgehead atoms. The zero-order chi connectivity index (χ0) is 25.4. The van der Waals surface area contributed by atoms with E-state index in [0.717, 1.165) is 30.4 Å². The van der Waals surface area contributed by atoms with Gasteiger partial charge in [-0.2, -0.15) is 5.10 Å². The van der Waals surface area contributed by atoms with E-state index >= 15 is 0 Å². The Morgan fingerprint density at radius 2 is 1.75 bits per heavy atom. The second-order valence-corrected chi connectivity index (χ2v) is 10.9. The summed E-state index contributed by atoms with van der Waals surface area (Å²) in [5.41, 5.74) is 2.91. The number of hydrogen-bond acceptors (Lipinski definition) is 6. The average molecular weight is 510 g/mol. The van der Waals surface area contributed by atoms with Crippen LogP contribution >= 0.6 is 0 Å². The third-order valence-electron chi connectivity index (χ3n) is 6.76. The van der Waals surface area contributed by atoms with E-state index in [-0.39, 0.29) is 29.8 Å². The van der Waals surface area contributed by atoms with Crippen LogP contribution in [0.2, 0.25) is 0 Å². The molecule has 2 aliphatic rings. The minimum atomic E-state index is -3.37. The third kappa shape index (κ3) is 4.78. The molecule has 3 heterocycles. The van der Waals surface area contributed by atoms with Gasteiger partial charge in [-0.15, -0.1) is 0 Å². The largest absolute Gasteiger partial charge is 0.497 e. The lowest BCUT2D eigenvalue weighted by molar-refractivity contribution is -0.120. The van der Waals surface area contributed by atoms with Crippen LogP contribution in [0.5, 0.6) is 5.75 Å². The number of benzene rings is 2. The van der Waals surface area contributed by atoms with Crippen LogP contribution in [-0.4, -0.2) is 60.8 Å². The van der Waals surface area contributed by atoms with Crippen molar-refractivity contribution in [3.8, 4) is 17.0 Å². The molecule has 2 amide bonds. The van der Waals surface area contributed by atoms with Gasteiger partial charge in [-0.05, 0) is 73.9 Å². The Morgan fingerprint density at radius 1 is 1.06 bits per heavy atom. The number of hydrogen-bond donors (Lipinski definition) is 3. The second-order valence-electron chi connectivity index (χ2n) is 9.19. The Kier molecular flexibility index (Phi) is 6.17. The summed E-state index contributed by atoms with van der Waals surface area (Å²) in [6.45, 7) is 0. The number of carbonyl (C=O) groups excluding carboxylic acids is 2. The number of sulfonamides is 1. The van der Waals surface area contributed by atoms with Crippen molar-refractivity contribution in [2.75, 3.05) is 23.4 Å². The van der Waals surface area contributed by atoms with Gasteiger partial charge in [0.1, 0.15) is 11.4 Å². The van der Waals surface area contributed by atoms with E-state index in [2.05, 4.69) is 20.2 Å². The zero-order valence-electron chi connectivity index (χ0n) is 19.9. The van der Waals surface area contributed by atoms with Gasteiger partial charge >= 0.3 is 0 Å². The van der Waals surface area contributed by atoms with Crippen LogP contribution in [0.4, 0.5) is 11.4 Å². The molecular formula is C25H27N5O5S. The number of ether oxygens (including phenoxy) is 1. The number of fused-ring (bicyclic) bond motifs is 2. The summed E-state index contributed by atoms with van der Waals surface area (Å²) in [5, 5.41) is 10.1. The fraction of sp³-hybridized carbons (Fsp3) is 0.320. The van der Waals surface area contributed by atoms with Crippen LogP contribution in [0.25, 0.3) is 11.3 Å². The third-order valence-corrected chi connectivity index (χ3v) is 7.36. The monoisotopic (exact) mass is 509 g/mol. The Hall–Kier alpha value is -3.86. The Labute approximate surface area is 209 Å². The van der Waals surface area contributed by atoms with Crippen molar-refractivity contribution in [1.82, 2.24) is 15.1 Å². The van der Waals surface area contributed by atoms with Crippen molar-refractivity contribution >= 4 is 33.2 Å². The molecule has 0 spiro atoms. The van der Waals surface area contributed by atoms with Crippen LogP contribution in [0.3, 0.4) is 0 Å². The van der Waals surface area contributed by atoms with E-state index in [4.69, 9.17) is 4.74 Å². The first kappa shape index (κ1) is 23.9. The fourth-order valence-electron chi connectivity index (χ4n) is 5.14. The molecule has 36 heavy (non-hydrogen) atoms. The topological polar surface area (TPSA) is 133 Å². The summed E-state index contributed by atoms with van der Waals surface area (Å²) in [7, 11) is -1.77. The smallest absolute Gasteiger partial charge is 0.272 e. The SMILES string of the molecule is COc1ccc(-c2cc(C(=O)N3C4CCC3[C@@H](C(=O)Nc3ccc(NS(C)(=O)=O)cc3)C4)[nH]n2)cc1. The molecule has 3 atom stereocenters. The molecule has 0 saturated carbocycles. The highest BCUT2D eigenvalue weighted by molar-refractivity contribution is 7.92. The highest BCUT2D eigenvalue weighted by atomic mass is 32.2. The first-order valence-electron chi connectivity index (χ1n) is 11.6. The molecule has 2 aliphatic heterocycles. The van der Waals surface area contributed by atoms with E-state index in [1.165, 1.54) is 0 Å². The van der Waals surface area contributed by atoms with Gasteiger partial charge in [0, 0.05) is 29.0 Å². The number of aromatic nitrogens is 2. The molecule has 0 radical (unpaired) electrons. The van der Waals surface area contributed by atoms with Crippen molar-refractivity contribution < 1.29 is 22.7 Å². The molecule has 5 rings (SSSR count). The summed E-state index contributed by atoms with van der Waals surface area (Å²) in [6.07, 6.45) is 3.32. The Morgan fingerprint density at radius 3 is 2.42 bits per heavy atom. The Balaban J connectivity index is 1.25. The standard InChI is InChI=1S/C25H27N5O5S/c1-35-19-10-3-15(4-11-19)21-14-22(28-27-21)25(32)30-18-9-12-23(30)20(13-18)24(31)26-16-5-7-17(8-6-16)29-36(2,33)34/h3-8,10-11,14,18,20,23,29H,9,12-13H2,1-2H3,(H,26,31)(H,27,28)/t18?,20-,23?/m0/s1. The van der Waals surface area contributed by atoms with Crippen LogP contribution in [0, 0.1) is 5.92 Å². The molecule has 10 nitrogen and oxygen atoms in total. The van der Waals surface area contributed by atoms with Gasteiger partial charge in [0.05, 0.1) is 25.0 Å². The lowest BCUT2D eigenvalue weighted by Gasteiger charge is -2.23. The summed E-state index contributed by atoms with van der Waals surface area (Å²) in [5.74, 6) is 0.129. The van der Waals surface area contributed by atoms with Crippen LogP contribution < -0.4 is 14.8 Å². The van der Waals surface area contributed by atoms with Crippen molar-refractivity contribution in [3.05, 3.63) is 60.3 Å². The number of nitrogens with one attached hydrogen (secondary N) is 3. The van der Waals surface area contributed by atoms with Gasteiger partial charge in [-0.1, -0.05) is 0 Å². The van der Waals surface area contributed by atoms with E-state index in [0.29, 0.717) is 29.2 Å². The van der Waals surface area contributed by atoms with Gasteiger partial charge in [0.2, 0.25) is 15.9 Å². The summed E-state index contributed by atoms with van der Waals surface area (Å²) in [6, 6.07) is 15.5. The molecule has 3 aromatic rings. The first-order valence-corrected chi connectivity index (χ1v) is 13.5. The molecular weight excluding hydrogens is 482 g/mol. The number of methoxy groups -OCH3 is 1. The molecule has 3 N–H and O–H groups in total. The maximum absolute atomic E-state index is 13.4. The highest BCUT2D eigenvalue weighted by Crippen LogP contribution is 2.43. The molecule has 2 saturated heterocycles. The van der Waals surface area contributed by atoms with E-state index in [1.54, 1.807) is 37.4 Å². The van der Waals surface area contributed by atoms with Gasteiger partial charge in [0.15, 0.2) is 0 Å². The first-order chi connectivity index (χ1) is 17.2. The molecule has 0 aliphatic carbocycles. The van der Waals surface area contributed by atoms with E-state index in [9.17, 15) is 18.0 Å². The summed E-state index contributed by atoms with van der Waals surface area (Å²) in [4.78, 5) is 28.3. The minimum absolute atomic E-state index is 0.00678. The fourth-order valence-corrected chi connectivity index (χ4v) is 5.70. The molecule has 2 fully saturated rings. The summed E-state index contributed by atoms with van der Waals surface area (Å²) >= 11 is 0. The molecule has 1 aromatic heterocycles. The number of amides is 2. The van der Waals surface area contributed by atoms with Gasteiger partial charge in [0.25, 0.3) is 5.91 Å². The molecule has 188 valence electrons. The van der Waals surface area contributed by atoms with Gasteiger partial charge in [-0.25, -0.2) is 8.42 Å². The number of carbonyl (C=O) groups is 2. The number of anilines is 2. The molecule has 11 heteroatoms. The van der Waals surface area contributed by atoms with E-state index in [1.807, 2.05) is 29.2 Å². The average Bonchev–Trinajstić information content (AvgIpc) is 3.59. The van der Waals surface area contributed by atoms with Gasteiger partial charge < -0.3 is 15.0 Å². The minimum Gasteiger partial charge on any atom is -0.497 e. The Bertz CT molecular complexity index is 1380. The van der Waals surface area contributed by atoms with Crippen molar-refractivity contribution in [1.29, 1.82) is 0 Å².